The van der Waals surface area contributed by atoms with Gasteiger partial charge in [-0.25, -0.2) is 4.68 Å². The van der Waals surface area contributed by atoms with Gasteiger partial charge < -0.3 is 5.11 Å². The van der Waals surface area contributed by atoms with Gasteiger partial charge in [0.1, 0.15) is 0 Å². The fourth-order valence-corrected chi connectivity index (χ4v) is 2.33. The maximum atomic E-state index is 9.50. The van der Waals surface area contributed by atoms with Crippen LogP contribution in [0.2, 0.25) is 0 Å². The highest BCUT2D eigenvalue weighted by atomic mass is 16.3. The van der Waals surface area contributed by atoms with Gasteiger partial charge in [-0.2, -0.15) is 5.10 Å². The summed E-state index contributed by atoms with van der Waals surface area (Å²) >= 11 is 0. The lowest BCUT2D eigenvalue weighted by molar-refractivity contribution is 0.199. The maximum Gasteiger partial charge on any atom is 0.0761 e. The molecule has 96 valence electrons. The number of aliphatic hydroxyl groups is 1. The van der Waals surface area contributed by atoms with E-state index >= 15 is 0 Å². The highest BCUT2D eigenvalue weighted by Gasteiger charge is 2.11. The molecule has 1 heterocycles. The Morgan fingerprint density at radius 3 is 2.28 bits per heavy atom. The number of hydrogen-bond donors (Lipinski definition) is 1. The molecule has 0 aliphatic rings. The Hall–Kier alpha value is -1.61. The number of rotatable bonds is 3. The van der Waals surface area contributed by atoms with E-state index in [1.54, 1.807) is 6.92 Å². The first kappa shape index (κ1) is 12.8. The quantitative estimate of drug-likeness (QED) is 0.901. The first-order valence-electron chi connectivity index (χ1n) is 6.38. The van der Waals surface area contributed by atoms with Gasteiger partial charge in [0.25, 0.3) is 0 Å². The van der Waals surface area contributed by atoms with E-state index in [-0.39, 0.29) is 0 Å². The summed E-state index contributed by atoms with van der Waals surface area (Å²) in [6.07, 6.45) is 0.578. The van der Waals surface area contributed by atoms with Crippen LogP contribution in [-0.4, -0.2) is 14.9 Å². The van der Waals surface area contributed by atoms with Crippen molar-refractivity contribution in [1.82, 2.24) is 9.78 Å². The summed E-state index contributed by atoms with van der Waals surface area (Å²) in [4.78, 5) is 0. The van der Waals surface area contributed by atoms with Gasteiger partial charge in [-0.3, -0.25) is 0 Å². The van der Waals surface area contributed by atoms with Crippen molar-refractivity contribution in [2.45, 2.75) is 40.2 Å². The third-order valence-corrected chi connectivity index (χ3v) is 3.41. The lowest BCUT2D eigenvalue weighted by Gasteiger charge is -2.08. The highest BCUT2D eigenvalue weighted by molar-refractivity contribution is 5.39. The fraction of sp³-hybridized carbons (Fsp3) is 0.400. The van der Waals surface area contributed by atoms with Crippen molar-refractivity contribution in [1.29, 1.82) is 0 Å². The first-order chi connectivity index (χ1) is 8.54. The molecule has 3 heteroatoms. The van der Waals surface area contributed by atoms with Gasteiger partial charge in [-0.05, 0) is 50.5 Å². The molecule has 1 atom stereocenters. The SMILES string of the molecule is CCc1c(C)nn(-c2ccc([C@H](C)O)cc2)c1C. The van der Waals surface area contributed by atoms with Crippen molar-refractivity contribution in [3.8, 4) is 5.69 Å². The second kappa shape index (κ2) is 4.94. The molecule has 3 nitrogen and oxygen atoms in total. The van der Waals surface area contributed by atoms with Gasteiger partial charge in [0, 0.05) is 5.69 Å². The van der Waals surface area contributed by atoms with Crippen LogP contribution < -0.4 is 0 Å². The van der Waals surface area contributed by atoms with Crippen LogP contribution in [0.15, 0.2) is 24.3 Å². The molecule has 0 fully saturated rings. The standard InChI is InChI=1S/C15H20N2O/c1-5-15-10(2)16-17(11(15)3)14-8-6-13(7-9-14)12(4)18/h6-9,12,18H,5H2,1-4H3/t12-/m0/s1. The van der Waals surface area contributed by atoms with Crippen molar-refractivity contribution in [2.75, 3.05) is 0 Å². The van der Waals surface area contributed by atoms with Crippen LogP contribution in [-0.2, 0) is 6.42 Å². The Kier molecular flexibility index (Phi) is 3.53. The predicted octanol–water partition coefficient (Wildman–Crippen LogP) is 3.10. The van der Waals surface area contributed by atoms with E-state index < -0.39 is 6.10 Å². The second-order valence-electron chi connectivity index (χ2n) is 4.68. The van der Waals surface area contributed by atoms with Gasteiger partial charge in [0.05, 0.1) is 17.5 Å². The van der Waals surface area contributed by atoms with E-state index in [1.165, 1.54) is 11.3 Å². The van der Waals surface area contributed by atoms with E-state index in [4.69, 9.17) is 0 Å². The van der Waals surface area contributed by atoms with Gasteiger partial charge in [0.2, 0.25) is 0 Å². The summed E-state index contributed by atoms with van der Waals surface area (Å²) in [6, 6.07) is 7.89. The topological polar surface area (TPSA) is 38.0 Å². The minimum Gasteiger partial charge on any atom is -0.389 e. The monoisotopic (exact) mass is 244 g/mol. The maximum absolute atomic E-state index is 9.50. The largest absolute Gasteiger partial charge is 0.389 e. The molecule has 0 radical (unpaired) electrons. The van der Waals surface area contributed by atoms with Crippen molar-refractivity contribution < 1.29 is 5.11 Å². The Labute approximate surface area is 108 Å². The summed E-state index contributed by atoms with van der Waals surface area (Å²) < 4.78 is 1.97. The molecule has 0 unspecified atom stereocenters. The van der Waals surface area contributed by atoms with Crippen LogP contribution in [0.4, 0.5) is 0 Å². The molecule has 18 heavy (non-hydrogen) atoms. The van der Waals surface area contributed by atoms with Crippen LogP contribution >= 0.6 is 0 Å². The number of aliphatic hydroxyl groups excluding tert-OH is 1. The van der Waals surface area contributed by atoms with E-state index in [0.29, 0.717) is 0 Å². The first-order valence-corrected chi connectivity index (χ1v) is 6.38. The molecular formula is C15H20N2O. The lowest BCUT2D eigenvalue weighted by Crippen LogP contribution is -2.00. The molecule has 2 aromatic rings. The molecule has 0 aliphatic carbocycles. The van der Waals surface area contributed by atoms with Crippen molar-refractivity contribution >= 4 is 0 Å². The van der Waals surface area contributed by atoms with Crippen LogP contribution in [0.1, 0.15) is 42.5 Å². The second-order valence-corrected chi connectivity index (χ2v) is 4.68. The zero-order chi connectivity index (χ0) is 13.3. The number of hydrogen-bond acceptors (Lipinski definition) is 2. The Balaban J connectivity index is 2.43. The van der Waals surface area contributed by atoms with E-state index in [2.05, 4.69) is 18.9 Å². The zero-order valence-electron chi connectivity index (χ0n) is 11.4. The minimum absolute atomic E-state index is 0.425. The highest BCUT2D eigenvalue weighted by Crippen LogP contribution is 2.20. The van der Waals surface area contributed by atoms with Gasteiger partial charge in [0.15, 0.2) is 0 Å². The number of benzene rings is 1. The average Bonchev–Trinajstić information content (AvgIpc) is 2.64. The molecule has 0 spiro atoms. The summed E-state index contributed by atoms with van der Waals surface area (Å²) in [7, 11) is 0. The van der Waals surface area contributed by atoms with Crippen LogP contribution in [0, 0.1) is 13.8 Å². The number of nitrogens with zero attached hydrogens (tertiary/aromatic N) is 2. The summed E-state index contributed by atoms with van der Waals surface area (Å²) in [5.41, 5.74) is 5.57. The van der Waals surface area contributed by atoms with Crippen molar-refractivity contribution in [3.05, 3.63) is 46.8 Å². The summed E-state index contributed by atoms with van der Waals surface area (Å²) in [5.74, 6) is 0. The van der Waals surface area contributed by atoms with Gasteiger partial charge >= 0.3 is 0 Å². The van der Waals surface area contributed by atoms with Crippen LogP contribution in [0.3, 0.4) is 0 Å². The predicted molar refractivity (Wildman–Crippen MR) is 73.0 cm³/mol. The van der Waals surface area contributed by atoms with Crippen LogP contribution in [0.5, 0.6) is 0 Å². The van der Waals surface area contributed by atoms with E-state index in [1.807, 2.05) is 35.9 Å². The third-order valence-electron chi connectivity index (χ3n) is 3.41. The molecule has 0 bridgehead atoms. The summed E-state index contributed by atoms with van der Waals surface area (Å²) in [5, 5.41) is 14.1. The zero-order valence-corrected chi connectivity index (χ0v) is 11.4. The molecule has 0 saturated heterocycles. The third kappa shape index (κ3) is 2.18. The van der Waals surface area contributed by atoms with Crippen LogP contribution in [0.25, 0.3) is 5.69 Å². The molecule has 0 aliphatic heterocycles. The van der Waals surface area contributed by atoms with Gasteiger partial charge in [-0.1, -0.05) is 19.1 Å². The minimum atomic E-state index is -0.425. The molecule has 0 amide bonds. The average molecular weight is 244 g/mol. The Bertz CT molecular complexity index is 538. The lowest BCUT2D eigenvalue weighted by atomic mass is 10.1. The Morgan fingerprint density at radius 2 is 1.83 bits per heavy atom. The molecule has 2 rings (SSSR count). The van der Waals surface area contributed by atoms with Gasteiger partial charge in [-0.15, -0.1) is 0 Å². The smallest absolute Gasteiger partial charge is 0.0761 e. The molecule has 0 saturated carbocycles. The normalized spacial score (nSPS) is 12.7. The van der Waals surface area contributed by atoms with Crippen molar-refractivity contribution in [2.24, 2.45) is 0 Å². The fourth-order valence-electron chi connectivity index (χ4n) is 2.33. The molecule has 1 N–H and O–H groups in total. The number of aromatic nitrogens is 2. The van der Waals surface area contributed by atoms with Crippen molar-refractivity contribution in [3.63, 3.8) is 0 Å². The van der Waals surface area contributed by atoms with E-state index in [0.717, 1.165) is 23.4 Å². The molecular weight excluding hydrogens is 224 g/mol. The van der Waals surface area contributed by atoms with E-state index in [9.17, 15) is 5.11 Å². The number of aryl methyl sites for hydroxylation is 1. The molecule has 1 aromatic carbocycles. The Morgan fingerprint density at radius 1 is 1.22 bits per heavy atom. The summed E-state index contributed by atoms with van der Waals surface area (Å²) in [6.45, 7) is 8.07. The molecule has 1 aromatic heterocycles.